The highest BCUT2D eigenvalue weighted by atomic mass is 35.5. The molecule has 1 aliphatic rings. The molecule has 4 rings (SSSR count). The Morgan fingerprint density at radius 3 is 2.33 bits per heavy atom. The normalized spacial score (nSPS) is 13.0. The Morgan fingerprint density at radius 2 is 1.80 bits per heavy atom. The number of allylic oxidation sites excluding steroid dienone is 1. The summed E-state index contributed by atoms with van der Waals surface area (Å²) in [4.78, 5) is 17.2. The molecule has 1 aromatic heterocycles. The number of rotatable bonds is 9. The van der Waals surface area contributed by atoms with Crippen molar-refractivity contribution in [3.8, 4) is 0 Å². The minimum Gasteiger partial charge on any atom is -0.351 e. The number of primary amides is 1. The summed E-state index contributed by atoms with van der Waals surface area (Å²) in [7, 11) is 0. The van der Waals surface area contributed by atoms with Crippen molar-refractivity contribution in [3.63, 3.8) is 0 Å². The monoisotopic (exact) mass is 639 g/mol. The number of carbonyl (C=O) groups excluding carboxylic acids is 1. The lowest BCUT2D eigenvalue weighted by molar-refractivity contribution is 0.202. The Kier molecular flexibility index (Phi) is 23.8. The Balaban J connectivity index is 0.000000692. The van der Waals surface area contributed by atoms with Gasteiger partial charge in [-0.2, -0.15) is 0 Å². The Morgan fingerprint density at radius 1 is 1.13 bits per heavy atom. The number of carbonyl (C=O) groups is 1. The molecular formula is C36H58ClN7O. The molecule has 1 fully saturated rings. The number of nitrogens with one attached hydrogen (secondary N) is 3. The van der Waals surface area contributed by atoms with Gasteiger partial charge in [0, 0.05) is 55.8 Å². The van der Waals surface area contributed by atoms with E-state index in [0.717, 1.165) is 49.6 Å². The zero-order chi connectivity index (χ0) is 34.0. The highest BCUT2D eigenvalue weighted by Crippen LogP contribution is 2.29. The minimum atomic E-state index is -0.556. The summed E-state index contributed by atoms with van der Waals surface area (Å²) in [6.45, 7) is 21.3. The third kappa shape index (κ3) is 17.6. The van der Waals surface area contributed by atoms with Gasteiger partial charge in [-0.15, -0.1) is 0 Å². The lowest BCUT2D eigenvalue weighted by Gasteiger charge is -2.34. The first-order chi connectivity index (χ1) is 21.8. The third-order valence-electron chi connectivity index (χ3n) is 6.31. The number of imidazole rings is 1. The van der Waals surface area contributed by atoms with Crippen LogP contribution >= 0.6 is 11.6 Å². The number of urea groups is 1. The van der Waals surface area contributed by atoms with Crippen molar-refractivity contribution in [2.24, 2.45) is 11.7 Å². The molecule has 0 radical (unpaired) electrons. The molecule has 1 atom stereocenters. The van der Waals surface area contributed by atoms with Crippen LogP contribution in [0.25, 0.3) is 0 Å². The first-order valence-electron chi connectivity index (χ1n) is 16.2. The maximum atomic E-state index is 10.7. The molecule has 250 valence electrons. The van der Waals surface area contributed by atoms with Gasteiger partial charge in [0.2, 0.25) is 0 Å². The summed E-state index contributed by atoms with van der Waals surface area (Å²) in [5, 5.41) is 13.3. The number of piperazine rings is 1. The molecule has 45 heavy (non-hydrogen) atoms. The fourth-order valence-electron chi connectivity index (χ4n) is 4.39. The average molecular weight is 640 g/mol. The van der Waals surface area contributed by atoms with Crippen LogP contribution in [0.3, 0.4) is 0 Å². The van der Waals surface area contributed by atoms with Crippen LogP contribution in [0.5, 0.6) is 0 Å². The number of nitrogens with zero attached hydrogens (tertiary/aromatic N) is 3. The van der Waals surface area contributed by atoms with Gasteiger partial charge in [0.05, 0.1) is 12.4 Å². The molecular weight excluding hydrogens is 582 g/mol. The largest absolute Gasteiger partial charge is 0.351 e. The highest BCUT2D eigenvalue weighted by Gasteiger charge is 2.21. The van der Waals surface area contributed by atoms with Crippen molar-refractivity contribution >= 4 is 29.5 Å². The molecule has 0 bridgehead atoms. The number of benzene rings is 2. The van der Waals surface area contributed by atoms with Crippen molar-refractivity contribution in [2.75, 3.05) is 31.5 Å². The summed E-state index contributed by atoms with van der Waals surface area (Å²) >= 11 is 6.18. The molecule has 9 heteroatoms. The van der Waals surface area contributed by atoms with E-state index in [1.54, 1.807) is 18.6 Å². The second kappa shape index (κ2) is 25.8. The maximum absolute atomic E-state index is 10.7. The minimum absolute atomic E-state index is 0.376. The van der Waals surface area contributed by atoms with E-state index in [-0.39, 0.29) is 0 Å². The standard InChI is InChI=1S/C17H25ClN2.C11H12N4O.C4H9N.2C2H6/c1-3-5-14-13-15(18)7-8-16(14)17(6-4-2)20-11-9-19-10-12-20;12-11(16)14-10-3-1-2-9(6-10)7-15-5-4-13-8-15;1-4(2)3-5;2*1-2/h4,6-8,13,17,19H,3,5,9-12H2,1-2H3;1-6,8H,7H2,(H3,12,14,16);3-5H,1-2H3;2*1-2H3/b6-4+;;;;/t17-;;;;/m0..../s1. The lowest BCUT2D eigenvalue weighted by Crippen LogP contribution is -2.44. The van der Waals surface area contributed by atoms with E-state index in [9.17, 15) is 4.79 Å². The summed E-state index contributed by atoms with van der Waals surface area (Å²) in [5.74, 6) is 0.426. The zero-order valence-electron chi connectivity index (χ0n) is 28.8. The van der Waals surface area contributed by atoms with Gasteiger partial charge < -0.3 is 26.3 Å². The molecule has 2 aromatic carbocycles. The number of aromatic nitrogens is 2. The predicted molar refractivity (Wildman–Crippen MR) is 195 cm³/mol. The summed E-state index contributed by atoms with van der Waals surface area (Å²) < 4.78 is 1.95. The lowest BCUT2D eigenvalue weighted by atomic mass is 9.95. The van der Waals surface area contributed by atoms with Crippen LogP contribution in [0.1, 0.15) is 84.5 Å². The molecule has 5 N–H and O–H groups in total. The van der Waals surface area contributed by atoms with Gasteiger partial charge in [0.25, 0.3) is 0 Å². The van der Waals surface area contributed by atoms with Gasteiger partial charge in [-0.25, -0.2) is 9.78 Å². The number of hydrogen-bond acceptors (Lipinski definition) is 5. The van der Waals surface area contributed by atoms with Gasteiger partial charge in [-0.1, -0.05) is 96.8 Å². The van der Waals surface area contributed by atoms with Crippen molar-refractivity contribution in [3.05, 3.63) is 95.1 Å². The van der Waals surface area contributed by atoms with E-state index in [0.29, 0.717) is 24.2 Å². The van der Waals surface area contributed by atoms with Crippen molar-refractivity contribution in [1.29, 1.82) is 5.41 Å². The Labute approximate surface area is 278 Å². The van der Waals surface area contributed by atoms with Crippen LogP contribution in [0.15, 0.2) is 73.3 Å². The molecule has 2 amide bonds. The van der Waals surface area contributed by atoms with Crippen LogP contribution in [0.4, 0.5) is 10.5 Å². The van der Waals surface area contributed by atoms with E-state index < -0.39 is 6.03 Å². The van der Waals surface area contributed by atoms with Crippen LogP contribution in [-0.4, -0.2) is 52.9 Å². The zero-order valence-corrected chi connectivity index (χ0v) is 29.6. The van der Waals surface area contributed by atoms with Gasteiger partial charge in [0.1, 0.15) is 0 Å². The van der Waals surface area contributed by atoms with Gasteiger partial charge in [0.15, 0.2) is 0 Å². The summed E-state index contributed by atoms with van der Waals surface area (Å²) in [5.41, 5.74) is 9.62. The van der Waals surface area contributed by atoms with E-state index >= 15 is 0 Å². The van der Waals surface area contributed by atoms with E-state index in [2.05, 4.69) is 58.6 Å². The van der Waals surface area contributed by atoms with Crippen molar-refractivity contribution in [2.45, 2.75) is 80.8 Å². The van der Waals surface area contributed by atoms with E-state index in [4.69, 9.17) is 22.7 Å². The van der Waals surface area contributed by atoms with Crippen molar-refractivity contribution in [1.82, 2.24) is 19.8 Å². The maximum Gasteiger partial charge on any atom is 0.316 e. The predicted octanol–water partition coefficient (Wildman–Crippen LogP) is 8.58. The molecule has 1 aliphatic heterocycles. The fourth-order valence-corrected chi connectivity index (χ4v) is 4.59. The Bertz CT molecular complexity index is 1210. The molecule has 0 aliphatic carbocycles. The third-order valence-corrected chi connectivity index (χ3v) is 6.55. The fraction of sp³-hybridized carbons (Fsp3) is 0.472. The first kappa shape index (κ1) is 41.5. The molecule has 8 nitrogen and oxygen atoms in total. The van der Waals surface area contributed by atoms with Gasteiger partial charge in [-0.3, -0.25) is 4.90 Å². The molecule has 1 saturated heterocycles. The van der Waals surface area contributed by atoms with Crippen LogP contribution in [0.2, 0.25) is 5.02 Å². The van der Waals surface area contributed by atoms with Gasteiger partial charge in [-0.05, 0) is 66.4 Å². The quantitative estimate of drug-likeness (QED) is 0.139. The number of nitrogens with two attached hydrogens (primary N) is 1. The summed E-state index contributed by atoms with van der Waals surface area (Å²) in [6, 6.07) is 13.7. The molecule has 3 aromatic rings. The molecule has 0 spiro atoms. The van der Waals surface area contributed by atoms with Crippen molar-refractivity contribution < 1.29 is 4.79 Å². The number of anilines is 1. The smallest absolute Gasteiger partial charge is 0.316 e. The van der Waals surface area contributed by atoms with Gasteiger partial charge >= 0.3 is 6.03 Å². The second-order valence-electron chi connectivity index (χ2n) is 10.2. The topological polar surface area (TPSA) is 112 Å². The molecule has 0 unspecified atom stereocenters. The second-order valence-corrected chi connectivity index (χ2v) is 10.6. The molecule has 0 saturated carbocycles. The van der Waals surface area contributed by atoms with E-state index in [1.807, 2.05) is 76.6 Å². The van der Waals surface area contributed by atoms with Crippen LogP contribution in [-0.2, 0) is 13.0 Å². The van der Waals surface area contributed by atoms with E-state index in [1.165, 1.54) is 17.3 Å². The number of aryl methyl sites for hydroxylation is 1. The number of hydrogen-bond donors (Lipinski definition) is 4. The van der Waals surface area contributed by atoms with Crippen LogP contribution in [0, 0.1) is 11.3 Å². The van der Waals surface area contributed by atoms with Crippen LogP contribution < -0.4 is 16.4 Å². The molecule has 2 heterocycles. The average Bonchev–Trinajstić information content (AvgIpc) is 3.56. The Hall–Kier alpha value is -3.46. The first-order valence-corrected chi connectivity index (χ1v) is 16.6. The number of halogens is 1. The SMILES string of the molecule is C/C=C/[C@@H](c1ccc(Cl)cc1CCC)N1CCNCC1.CC.CC.CC(C)C=N.NC(=O)Nc1cccc(Cn2ccnc2)c1. The number of amides is 2. The highest BCUT2D eigenvalue weighted by molar-refractivity contribution is 6.30. The summed E-state index contributed by atoms with van der Waals surface area (Å²) in [6.07, 6.45) is 13.5.